The Labute approximate surface area is 148 Å². The van der Waals surface area contributed by atoms with Gasteiger partial charge in [-0.25, -0.2) is 0 Å². The molecule has 24 heavy (non-hydrogen) atoms. The zero-order valence-corrected chi connectivity index (χ0v) is 14.5. The van der Waals surface area contributed by atoms with Gasteiger partial charge in [-0.3, -0.25) is 9.59 Å². The van der Waals surface area contributed by atoms with E-state index in [2.05, 4.69) is 26.6 Å². The van der Waals surface area contributed by atoms with Crippen molar-refractivity contribution >= 4 is 27.7 Å². The molecule has 0 aromatic heterocycles. The first-order valence-corrected chi connectivity index (χ1v) is 8.48. The topological polar surface area (TPSA) is 67.4 Å². The number of nitrogens with one attached hydrogen (secondary N) is 2. The molecule has 1 unspecified atom stereocenters. The number of hydrogen-bond acceptors (Lipinski definition) is 3. The molecule has 0 spiro atoms. The van der Waals surface area contributed by atoms with Crippen LogP contribution in [0.3, 0.4) is 0 Å². The molecule has 2 aromatic rings. The summed E-state index contributed by atoms with van der Waals surface area (Å²) in [5.41, 5.74) is 1.47. The van der Waals surface area contributed by atoms with Crippen molar-refractivity contribution in [1.82, 2.24) is 10.6 Å². The highest BCUT2D eigenvalue weighted by molar-refractivity contribution is 9.10. The normalized spacial score (nSPS) is 15.8. The summed E-state index contributed by atoms with van der Waals surface area (Å²) < 4.78 is 6.27. The first-order chi connectivity index (χ1) is 11.6. The maximum atomic E-state index is 12.2. The van der Waals surface area contributed by atoms with Gasteiger partial charge in [-0.1, -0.05) is 30.3 Å². The van der Waals surface area contributed by atoms with Crippen molar-refractivity contribution in [2.75, 3.05) is 13.2 Å². The third-order valence-corrected chi connectivity index (χ3v) is 4.51. The Kier molecular flexibility index (Phi) is 5.15. The standard InChI is InChI=1S/C18H17BrN2O3/c19-14-7-3-1-5-12(14)18(23)20-11-17(22)21-15-9-10-24-16-8-4-2-6-13(15)16/h1-8,15H,9-11H2,(H,20,23)(H,21,22). The van der Waals surface area contributed by atoms with E-state index in [1.54, 1.807) is 18.2 Å². The Hall–Kier alpha value is -2.34. The van der Waals surface area contributed by atoms with Gasteiger partial charge in [0.2, 0.25) is 5.91 Å². The summed E-state index contributed by atoms with van der Waals surface area (Å²) >= 11 is 3.33. The minimum atomic E-state index is -0.287. The van der Waals surface area contributed by atoms with Crippen LogP contribution in [0.4, 0.5) is 0 Å². The monoisotopic (exact) mass is 388 g/mol. The van der Waals surface area contributed by atoms with Crippen LogP contribution in [0.2, 0.25) is 0 Å². The second kappa shape index (κ2) is 7.49. The van der Waals surface area contributed by atoms with Crippen LogP contribution in [0.15, 0.2) is 53.0 Å². The molecule has 124 valence electrons. The lowest BCUT2D eigenvalue weighted by Gasteiger charge is -2.26. The molecule has 0 saturated carbocycles. The van der Waals surface area contributed by atoms with E-state index in [9.17, 15) is 9.59 Å². The fourth-order valence-corrected chi connectivity index (χ4v) is 3.10. The molecule has 1 heterocycles. The predicted octanol–water partition coefficient (Wildman–Crippen LogP) is 2.82. The fraction of sp³-hybridized carbons (Fsp3) is 0.222. The van der Waals surface area contributed by atoms with Crippen LogP contribution < -0.4 is 15.4 Å². The zero-order valence-electron chi connectivity index (χ0n) is 12.9. The summed E-state index contributed by atoms with van der Waals surface area (Å²) in [7, 11) is 0. The molecule has 0 radical (unpaired) electrons. The van der Waals surface area contributed by atoms with Crippen LogP contribution >= 0.6 is 15.9 Å². The van der Waals surface area contributed by atoms with Crippen LogP contribution in [0.5, 0.6) is 5.75 Å². The first-order valence-electron chi connectivity index (χ1n) is 7.69. The van der Waals surface area contributed by atoms with E-state index < -0.39 is 0 Å². The highest BCUT2D eigenvalue weighted by Gasteiger charge is 2.22. The number of amides is 2. The maximum absolute atomic E-state index is 12.2. The molecule has 3 rings (SSSR count). The van der Waals surface area contributed by atoms with Gasteiger partial charge < -0.3 is 15.4 Å². The maximum Gasteiger partial charge on any atom is 0.252 e. The molecule has 1 aliphatic rings. The fourth-order valence-electron chi connectivity index (χ4n) is 2.64. The van der Waals surface area contributed by atoms with Gasteiger partial charge in [-0.2, -0.15) is 0 Å². The van der Waals surface area contributed by atoms with Gasteiger partial charge in [0.25, 0.3) is 5.91 Å². The summed E-state index contributed by atoms with van der Waals surface area (Å²) in [5, 5.41) is 5.59. The molecule has 0 bridgehead atoms. The van der Waals surface area contributed by atoms with Gasteiger partial charge >= 0.3 is 0 Å². The van der Waals surface area contributed by atoms with Crippen molar-refractivity contribution in [1.29, 1.82) is 0 Å². The quantitative estimate of drug-likeness (QED) is 0.845. The second-order valence-electron chi connectivity index (χ2n) is 5.46. The molecule has 1 atom stereocenters. The zero-order chi connectivity index (χ0) is 16.9. The number of ether oxygens (including phenoxy) is 1. The van der Waals surface area contributed by atoms with Gasteiger partial charge in [-0.15, -0.1) is 0 Å². The molecule has 6 heteroatoms. The molecule has 2 amide bonds. The summed E-state index contributed by atoms with van der Waals surface area (Å²) in [4.78, 5) is 24.3. The highest BCUT2D eigenvalue weighted by Crippen LogP contribution is 2.31. The predicted molar refractivity (Wildman–Crippen MR) is 93.9 cm³/mol. The van der Waals surface area contributed by atoms with Crippen LogP contribution in [-0.2, 0) is 4.79 Å². The van der Waals surface area contributed by atoms with Gasteiger partial charge in [0, 0.05) is 16.5 Å². The van der Waals surface area contributed by atoms with Crippen LogP contribution in [-0.4, -0.2) is 25.0 Å². The SMILES string of the molecule is O=C(CNC(=O)c1ccccc1Br)NC1CCOc2ccccc21. The van der Waals surface area contributed by atoms with E-state index in [1.165, 1.54) is 0 Å². The number of para-hydroxylation sites is 1. The number of fused-ring (bicyclic) bond motifs is 1. The summed E-state index contributed by atoms with van der Waals surface area (Å²) in [6.45, 7) is 0.491. The molecular weight excluding hydrogens is 372 g/mol. The Balaban J connectivity index is 1.57. The average Bonchev–Trinajstić information content (AvgIpc) is 2.60. The third kappa shape index (κ3) is 3.76. The minimum Gasteiger partial charge on any atom is -0.493 e. The van der Waals surface area contributed by atoms with E-state index in [0.717, 1.165) is 11.3 Å². The Morgan fingerprint density at radius 2 is 1.88 bits per heavy atom. The van der Waals surface area contributed by atoms with Crippen molar-refractivity contribution < 1.29 is 14.3 Å². The molecule has 2 aromatic carbocycles. The number of carbonyl (C=O) groups is 2. The van der Waals surface area contributed by atoms with Crippen molar-refractivity contribution in [2.24, 2.45) is 0 Å². The van der Waals surface area contributed by atoms with Crippen LogP contribution in [0.1, 0.15) is 28.4 Å². The summed E-state index contributed by atoms with van der Waals surface area (Å²) in [6.07, 6.45) is 0.709. The Morgan fingerprint density at radius 3 is 2.71 bits per heavy atom. The molecular formula is C18H17BrN2O3. The number of rotatable bonds is 4. The Morgan fingerprint density at radius 1 is 1.12 bits per heavy atom. The lowest BCUT2D eigenvalue weighted by molar-refractivity contribution is -0.121. The number of halogens is 1. The lowest BCUT2D eigenvalue weighted by atomic mass is 10.0. The Bertz CT molecular complexity index is 763. The van der Waals surface area contributed by atoms with Crippen LogP contribution in [0.25, 0.3) is 0 Å². The highest BCUT2D eigenvalue weighted by atomic mass is 79.9. The largest absolute Gasteiger partial charge is 0.493 e. The van der Waals surface area contributed by atoms with E-state index in [1.807, 2.05) is 30.3 Å². The number of hydrogen-bond donors (Lipinski definition) is 2. The molecule has 1 aliphatic heterocycles. The molecule has 2 N–H and O–H groups in total. The summed E-state index contributed by atoms with van der Waals surface area (Å²) in [6, 6.07) is 14.7. The average molecular weight is 389 g/mol. The number of benzene rings is 2. The van der Waals surface area contributed by atoms with Crippen molar-refractivity contribution in [3.8, 4) is 5.75 Å². The van der Waals surface area contributed by atoms with Crippen molar-refractivity contribution in [3.63, 3.8) is 0 Å². The molecule has 0 saturated heterocycles. The van der Waals surface area contributed by atoms with Gasteiger partial charge in [0.15, 0.2) is 0 Å². The van der Waals surface area contributed by atoms with E-state index in [0.29, 0.717) is 23.1 Å². The van der Waals surface area contributed by atoms with E-state index in [4.69, 9.17) is 4.74 Å². The third-order valence-electron chi connectivity index (χ3n) is 3.82. The molecule has 0 fully saturated rings. The molecule has 0 aliphatic carbocycles. The van der Waals surface area contributed by atoms with Gasteiger partial charge in [-0.05, 0) is 34.1 Å². The second-order valence-corrected chi connectivity index (χ2v) is 6.31. The van der Waals surface area contributed by atoms with Crippen molar-refractivity contribution in [2.45, 2.75) is 12.5 Å². The first kappa shape index (κ1) is 16.5. The molecule has 5 nitrogen and oxygen atoms in total. The van der Waals surface area contributed by atoms with Gasteiger partial charge in [0.1, 0.15) is 5.75 Å². The van der Waals surface area contributed by atoms with Crippen molar-refractivity contribution in [3.05, 3.63) is 64.1 Å². The van der Waals surface area contributed by atoms with Gasteiger partial charge in [0.05, 0.1) is 24.8 Å². The van der Waals surface area contributed by atoms with E-state index in [-0.39, 0.29) is 24.4 Å². The minimum absolute atomic E-state index is 0.0698. The van der Waals surface area contributed by atoms with Crippen LogP contribution in [0, 0.1) is 0 Å². The lowest BCUT2D eigenvalue weighted by Crippen LogP contribution is -2.40. The number of carbonyl (C=O) groups excluding carboxylic acids is 2. The smallest absolute Gasteiger partial charge is 0.252 e. The van der Waals surface area contributed by atoms with E-state index >= 15 is 0 Å². The summed E-state index contributed by atoms with van der Waals surface area (Å²) in [5.74, 6) is 0.286.